The number of ether oxygens (including phenoxy) is 1. The van der Waals surface area contributed by atoms with Crippen molar-refractivity contribution in [3.05, 3.63) is 47.1 Å². The number of anilines is 1. The maximum Gasteiger partial charge on any atom is 0.433 e. The van der Waals surface area contributed by atoms with Crippen molar-refractivity contribution in [2.45, 2.75) is 6.18 Å². The SMILES string of the molecule is N#C/C(=N\Nc1ccc(Oc2cccc(C(F)(F)F)n2)c(Cl)c1)C(=N)N. The smallest absolute Gasteiger partial charge is 0.433 e. The Morgan fingerprint density at radius 3 is 2.65 bits per heavy atom. The topological polar surface area (TPSA) is 120 Å². The van der Waals surface area contributed by atoms with Gasteiger partial charge in [-0.25, -0.2) is 4.98 Å². The van der Waals surface area contributed by atoms with Gasteiger partial charge in [-0.3, -0.25) is 10.8 Å². The highest BCUT2D eigenvalue weighted by Crippen LogP contribution is 2.33. The Labute approximate surface area is 150 Å². The average Bonchev–Trinajstić information content (AvgIpc) is 2.57. The molecule has 0 saturated heterocycles. The zero-order valence-electron chi connectivity index (χ0n) is 12.8. The highest BCUT2D eigenvalue weighted by atomic mass is 35.5. The third kappa shape index (κ3) is 4.84. The van der Waals surface area contributed by atoms with Crippen LogP contribution in [-0.2, 0) is 6.18 Å². The molecule has 2 rings (SSSR count). The number of aromatic nitrogens is 1. The molecule has 0 aliphatic rings. The van der Waals surface area contributed by atoms with Crippen molar-refractivity contribution in [1.82, 2.24) is 4.98 Å². The molecule has 0 unspecified atom stereocenters. The summed E-state index contributed by atoms with van der Waals surface area (Å²) in [5, 5.41) is 19.6. The summed E-state index contributed by atoms with van der Waals surface area (Å²) in [7, 11) is 0. The second-order valence-corrected chi connectivity index (χ2v) is 5.11. The number of halogens is 4. The van der Waals surface area contributed by atoms with Crippen molar-refractivity contribution in [3.8, 4) is 17.7 Å². The van der Waals surface area contributed by atoms with Crippen LogP contribution in [0.25, 0.3) is 0 Å². The largest absolute Gasteiger partial charge is 0.437 e. The lowest BCUT2D eigenvalue weighted by molar-refractivity contribution is -0.141. The summed E-state index contributed by atoms with van der Waals surface area (Å²) in [6.45, 7) is 0. The summed E-state index contributed by atoms with van der Waals surface area (Å²) >= 11 is 6.03. The summed E-state index contributed by atoms with van der Waals surface area (Å²) in [4.78, 5) is 3.38. The van der Waals surface area contributed by atoms with Gasteiger partial charge >= 0.3 is 6.18 Å². The average molecular weight is 383 g/mol. The third-order valence-electron chi connectivity index (χ3n) is 2.82. The number of hydrazone groups is 1. The van der Waals surface area contributed by atoms with Gasteiger partial charge in [0, 0.05) is 6.07 Å². The molecule has 1 aromatic carbocycles. The number of nitrogens with two attached hydrogens (primary N) is 1. The summed E-state index contributed by atoms with van der Waals surface area (Å²) < 4.78 is 43.3. The third-order valence-corrected chi connectivity index (χ3v) is 3.11. The molecule has 0 spiro atoms. The molecule has 134 valence electrons. The van der Waals surface area contributed by atoms with Crippen molar-refractivity contribution in [2.75, 3.05) is 5.43 Å². The number of nitriles is 1. The maximum atomic E-state index is 12.7. The molecule has 0 aliphatic heterocycles. The van der Waals surface area contributed by atoms with Crippen LogP contribution in [0.1, 0.15) is 5.69 Å². The van der Waals surface area contributed by atoms with Crippen LogP contribution in [0.15, 0.2) is 41.5 Å². The lowest BCUT2D eigenvalue weighted by Crippen LogP contribution is -2.21. The van der Waals surface area contributed by atoms with Gasteiger partial charge in [0.1, 0.15) is 17.5 Å². The van der Waals surface area contributed by atoms with Gasteiger partial charge in [-0.1, -0.05) is 17.7 Å². The van der Waals surface area contributed by atoms with Crippen LogP contribution in [0, 0.1) is 16.7 Å². The van der Waals surface area contributed by atoms with E-state index in [2.05, 4.69) is 15.5 Å². The van der Waals surface area contributed by atoms with Crippen LogP contribution in [0.5, 0.6) is 11.6 Å². The van der Waals surface area contributed by atoms with Gasteiger partial charge in [0.05, 0.1) is 10.7 Å². The van der Waals surface area contributed by atoms with Crippen molar-refractivity contribution in [2.24, 2.45) is 10.8 Å². The van der Waals surface area contributed by atoms with E-state index in [9.17, 15) is 13.2 Å². The van der Waals surface area contributed by atoms with E-state index < -0.39 is 17.7 Å². The molecule has 1 heterocycles. The van der Waals surface area contributed by atoms with E-state index in [4.69, 9.17) is 32.7 Å². The fourth-order valence-corrected chi connectivity index (χ4v) is 1.88. The number of rotatable bonds is 5. The molecular formula is C15H10ClF3N6O. The Kier molecular flexibility index (Phi) is 5.64. The fraction of sp³-hybridized carbons (Fsp3) is 0.0667. The molecule has 4 N–H and O–H groups in total. The molecule has 0 bridgehead atoms. The van der Waals surface area contributed by atoms with Gasteiger partial charge in [0.2, 0.25) is 11.6 Å². The number of amidine groups is 1. The molecule has 1 aromatic heterocycles. The standard InChI is InChI=1S/C15H10ClF3N6O/c16-9-6-8(24-25-10(7-20)14(21)22)4-5-11(9)26-13-3-1-2-12(23-13)15(17,18)19/h1-6,24H,(H3,21,22)/b25-10+. The van der Waals surface area contributed by atoms with Crippen molar-refractivity contribution in [1.29, 1.82) is 10.7 Å². The fourth-order valence-electron chi connectivity index (χ4n) is 1.66. The van der Waals surface area contributed by atoms with Gasteiger partial charge in [0.15, 0.2) is 5.84 Å². The zero-order chi connectivity index (χ0) is 19.3. The first-order valence-electron chi connectivity index (χ1n) is 6.80. The molecule has 0 radical (unpaired) electrons. The van der Waals surface area contributed by atoms with Gasteiger partial charge in [-0.05, 0) is 24.3 Å². The minimum Gasteiger partial charge on any atom is -0.437 e. The summed E-state index contributed by atoms with van der Waals surface area (Å²) in [6.07, 6.45) is -4.59. The molecule has 26 heavy (non-hydrogen) atoms. The summed E-state index contributed by atoms with van der Waals surface area (Å²) in [5.41, 5.74) is 6.56. The van der Waals surface area contributed by atoms with E-state index in [1.54, 1.807) is 6.07 Å². The van der Waals surface area contributed by atoms with Crippen molar-refractivity contribution < 1.29 is 17.9 Å². The summed E-state index contributed by atoms with van der Waals surface area (Å²) in [5.74, 6) is -0.717. The number of nitrogens with zero attached hydrogens (tertiary/aromatic N) is 3. The first-order chi connectivity index (χ1) is 12.2. The number of nitrogens with one attached hydrogen (secondary N) is 2. The highest BCUT2D eigenvalue weighted by Gasteiger charge is 2.32. The molecular weight excluding hydrogens is 373 g/mol. The van der Waals surface area contributed by atoms with Gasteiger partial charge in [-0.15, -0.1) is 0 Å². The number of pyridine rings is 1. The van der Waals surface area contributed by atoms with E-state index in [1.165, 1.54) is 24.3 Å². The zero-order valence-corrected chi connectivity index (χ0v) is 13.6. The van der Waals surface area contributed by atoms with Crippen LogP contribution in [0.4, 0.5) is 18.9 Å². The van der Waals surface area contributed by atoms with E-state index in [-0.39, 0.29) is 22.4 Å². The minimum absolute atomic E-state index is 0.0609. The van der Waals surface area contributed by atoms with Crippen LogP contribution >= 0.6 is 11.6 Å². The van der Waals surface area contributed by atoms with Crippen LogP contribution in [-0.4, -0.2) is 16.5 Å². The number of alkyl halides is 3. The van der Waals surface area contributed by atoms with Crippen LogP contribution in [0.3, 0.4) is 0 Å². The van der Waals surface area contributed by atoms with Gasteiger partial charge in [0.25, 0.3) is 0 Å². The van der Waals surface area contributed by atoms with E-state index in [1.807, 2.05) is 0 Å². The van der Waals surface area contributed by atoms with E-state index in [0.717, 1.165) is 12.1 Å². The molecule has 0 saturated carbocycles. The van der Waals surface area contributed by atoms with Crippen LogP contribution < -0.4 is 15.9 Å². The number of hydrogen-bond acceptors (Lipinski definition) is 6. The van der Waals surface area contributed by atoms with E-state index in [0.29, 0.717) is 5.69 Å². The second-order valence-electron chi connectivity index (χ2n) is 4.70. The second kappa shape index (κ2) is 7.71. The van der Waals surface area contributed by atoms with E-state index >= 15 is 0 Å². The predicted molar refractivity (Wildman–Crippen MR) is 89.3 cm³/mol. The molecule has 11 heteroatoms. The molecule has 0 aliphatic carbocycles. The maximum absolute atomic E-state index is 12.7. The Morgan fingerprint density at radius 1 is 1.35 bits per heavy atom. The van der Waals surface area contributed by atoms with Gasteiger partial charge < -0.3 is 10.5 Å². The number of benzene rings is 1. The van der Waals surface area contributed by atoms with Crippen molar-refractivity contribution in [3.63, 3.8) is 0 Å². The Bertz CT molecular complexity index is 907. The predicted octanol–water partition coefficient (Wildman–Crippen LogP) is 3.77. The van der Waals surface area contributed by atoms with Crippen molar-refractivity contribution >= 4 is 28.8 Å². The molecule has 0 amide bonds. The Balaban J connectivity index is 2.18. The molecule has 2 aromatic rings. The highest BCUT2D eigenvalue weighted by molar-refractivity contribution is 6.45. The first-order valence-corrected chi connectivity index (χ1v) is 7.18. The minimum atomic E-state index is -4.59. The summed E-state index contributed by atoms with van der Waals surface area (Å²) in [6, 6.07) is 9.06. The molecule has 7 nitrogen and oxygen atoms in total. The molecule has 0 atom stereocenters. The first kappa shape index (κ1) is 19.0. The lowest BCUT2D eigenvalue weighted by Gasteiger charge is -2.10. The Morgan fingerprint density at radius 2 is 2.08 bits per heavy atom. The van der Waals surface area contributed by atoms with Crippen LogP contribution in [0.2, 0.25) is 5.02 Å². The lowest BCUT2D eigenvalue weighted by atomic mass is 10.3. The quantitative estimate of drug-likeness (QED) is 0.413. The monoisotopic (exact) mass is 382 g/mol. The molecule has 0 fully saturated rings. The number of hydrogen-bond donors (Lipinski definition) is 3. The Hall–Kier alpha value is -3.32. The normalized spacial score (nSPS) is 11.6. The van der Waals surface area contributed by atoms with Gasteiger partial charge in [-0.2, -0.15) is 23.5 Å².